The molecule has 0 aliphatic heterocycles. The number of hydrogen-bond donors (Lipinski definition) is 0. The van der Waals surface area contributed by atoms with Crippen molar-refractivity contribution in [3.05, 3.63) is 376 Å². The van der Waals surface area contributed by atoms with Gasteiger partial charge in [-0.1, -0.05) is 273 Å². The predicted molar refractivity (Wildman–Crippen MR) is 313 cm³/mol. The highest BCUT2D eigenvalue weighted by Crippen LogP contribution is 2.60. The van der Waals surface area contributed by atoms with Gasteiger partial charge in [0.25, 0.3) is 0 Å². The van der Waals surface area contributed by atoms with E-state index in [1.807, 2.05) is 42.5 Å². The Kier molecular flexibility index (Phi) is 7.90. The molecular formula is C75H51N. The van der Waals surface area contributed by atoms with E-state index in [9.17, 15) is 5.48 Å². The predicted octanol–water partition coefficient (Wildman–Crippen LogP) is 18.2. The van der Waals surface area contributed by atoms with Crippen LogP contribution in [-0.4, -0.2) is 0 Å². The van der Waals surface area contributed by atoms with Crippen molar-refractivity contribution in [2.45, 2.75) is 16.2 Å². The van der Waals surface area contributed by atoms with Crippen molar-refractivity contribution in [1.82, 2.24) is 0 Å². The normalized spacial score (nSPS) is 16.2. The summed E-state index contributed by atoms with van der Waals surface area (Å²) in [4.78, 5) is 2.14. The van der Waals surface area contributed by atoms with Crippen LogP contribution in [0, 0.1) is 0 Å². The molecule has 3 aliphatic rings. The summed E-state index contributed by atoms with van der Waals surface area (Å²) in [5.74, 6) is 0. The molecule has 0 bridgehead atoms. The van der Waals surface area contributed by atoms with E-state index in [2.05, 4.69) is 199 Å². The molecule has 0 heterocycles. The lowest BCUT2D eigenvalue weighted by molar-refractivity contribution is 0.767. The number of rotatable bonds is 9. The number of nitrogens with zero attached hydrogens (tertiary/aromatic N) is 1. The second kappa shape index (κ2) is 17.3. The Bertz CT molecular complexity index is 4370. The van der Waals surface area contributed by atoms with Crippen molar-refractivity contribution in [2.24, 2.45) is 0 Å². The van der Waals surface area contributed by atoms with E-state index in [4.69, 9.17) is 8.22 Å². The standard InChI is InChI=1S/C75H51N/c1-5-23-52(24-6-1)73(67-36-18-13-31-61(67)62-32-14-19-37-68(62)73)56-41-45-58(46-42-56)76(59-47-43-57(44-48-59)74(53-25-7-2-8-26-53)69-38-20-15-33-63(69)64-34-16-21-39-70(64)74)60-49-50-66-65-35-17-22-40-71(65)75(72(66)51-60,54-27-9-3-10-28-54)55-29-11-4-12-30-55/h1-51H/i3D,4D,9D,10D,11D,12D,27D,28D,29D,30D. The molecule has 12 aromatic rings. The summed E-state index contributed by atoms with van der Waals surface area (Å²) in [5, 5.41) is 0. The maximum absolute atomic E-state index is 9.74. The van der Waals surface area contributed by atoms with Gasteiger partial charge < -0.3 is 4.90 Å². The maximum Gasteiger partial charge on any atom is 0.0714 e. The lowest BCUT2D eigenvalue weighted by Crippen LogP contribution is -2.29. The van der Waals surface area contributed by atoms with Crippen LogP contribution in [0.1, 0.15) is 80.5 Å². The highest BCUT2D eigenvalue weighted by molar-refractivity contribution is 5.91. The van der Waals surface area contributed by atoms with E-state index in [0.29, 0.717) is 27.9 Å². The number of anilines is 3. The van der Waals surface area contributed by atoms with Gasteiger partial charge in [0.1, 0.15) is 0 Å². The van der Waals surface area contributed by atoms with Crippen LogP contribution >= 0.6 is 0 Å². The summed E-state index contributed by atoms with van der Waals surface area (Å²) in [7, 11) is 0. The van der Waals surface area contributed by atoms with Gasteiger partial charge in [-0.3, -0.25) is 0 Å². The van der Waals surface area contributed by atoms with Gasteiger partial charge >= 0.3 is 0 Å². The minimum absolute atomic E-state index is 0.225. The van der Waals surface area contributed by atoms with Crippen LogP contribution in [0.25, 0.3) is 33.4 Å². The zero-order valence-corrected chi connectivity index (χ0v) is 41.1. The fourth-order valence-corrected chi connectivity index (χ4v) is 13.5. The molecule has 1 heteroatoms. The summed E-state index contributed by atoms with van der Waals surface area (Å²) in [6.45, 7) is 0. The van der Waals surface area contributed by atoms with Crippen molar-refractivity contribution in [1.29, 1.82) is 0 Å². The molecule has 12 aromatic carbocycles. The van der Waals surface area contributed by atoms with Gasteiger partial charge in [0, 0.05) is 17.1 Å². The molecule has 0 spiro atoms. The van der Waals surface area contributed by atoms with E-state index < -0.39 is 76.7 Å². The van der Waals surface area contributed by atoms with Crippen LogP contribution in [-0.2, 0) is 16.2 Å². The number of benzene rings is 12. The monoisotopic (exact) mass is 975 g/mol. The molecule has 0 unspecified atom stereocenters. The topological polar surface area (TPSA) is 3.24 Å². The average molecular weight is 976 g/mol. The van der Waals surface area contributed by atoms with E-state index in [1.165, 1.54) is 44.5 Å². The Morgan fingerprint density at radius 1 is 0.224 bits per heavy atom. The molecule has 0 aromatic heterocycles. The Morgan fingerprint density at radius 3 is 0.855 bits per heavy atom. The van der Waals surface area contributed by atoms with Gasteiger partial charge in [0.05, 0.1) is 30.0 Å². The lowest BCUT2D eigenvalue weighted by atomic mass is 9.67. The number of hydrogen-bond acceptors (Lipinski definition) is 1. The first-order valence-corrected chi connectivity index (χ1v) is 25.8. The van der Waals surface area contributed by atoms with Crippen LogP contribution in [0.2, 0.25) is 0 Å². The van der Waals surface area contributed by atoms with Crippen LogP contribution in [0.4, 0.5) is 17.1 Å². The molecule has 1 nitrogen and oxygen atoms in total. The zero-order valence-electron chi connectivity index (χ0n) is 51.1. The summed E-state index contributed by atoms with van der Waals surface area (Å²) < 4.78 is 93.0. The molecule has 0 amide bonds. The fourth-order valence-electron chi connectivity index (χ4n) is 13.5. The fraction of sp³-hybridized carbons (Fsp3) is 0.0400. The third-order valence-electron chi connectivity index (χ3n) is 16.5. The zero-order chi connectivity index (χ0) is 59.0. The van der Waals surface area contributed by atoms with Crippen LogP contribution in [0.3, 0.4) is 0 Å². The van der Waals surface area contributed by atoms with Gasteiger partial charge in [-0.15, -0.1) is 0 Å². The van der Waals surface area contributed by atoms with Gasteiger partial charge in [0.15, 0.2) is 0 Å². The van der Waals surface area contributed by atoms with Crippen molar-refractivity contribution < 1.29 is 13.7 Å². The third kappa shape index (κ3) is 6.09. The second-order valence-electron chi connectivity index (χ2n) is 19.9. The molecular weight excluding hydrogens is 915 g/mol. The van der Waals surface area contributed by atoms with E-state index in [0.717, 1.165) is 33.6 Å². The van der Waals surface area contributed by atoms with Crippen LogP contribution in [0.5, 0.6) is 0 Å². The maximum atomic E-state index is 9.74. The first-order chi connectivity index (χ1) is 41.9. The smallest absolute Gasteiger partial charge is 0.0714 e. The summed E-state index contributed by atoms with van der Waals surface area (Å²) >= 11 is 0. The number of fused-ring (bicyclic) bond motifs is 9. The molecule has 3 aliphatic carbocycles. The molecule has 76 heavy (non-hydrogen) atoms. The van der Waals surface area contributed by atoms with Gasteiger partial charge in [-0.2, -0.15) is 0 Å². The van der Waals surface area contributed by atoms with Crippen molar-refractivity contribution >= 4 is 17.1 Å². The SMILES string of the molecule is [2H]c1c([2H])c([2H])c(C2(c3c([2H])c([2H])c([2H])c([2H])c3[2H])c3ccccc3-c3ccc(N(c4ccc(C5(c6ccccc6)c6ccccc6-c6ccccc65)cc4)c4ccc(C5(c6ccccc6)c6ccccc6-c6ccccc65)cc4)cc32)c([2H])c1[2H]. The Balaban J connectivity index is 1.01. The molecule has 0 N–H and O–H groups in total. The van der Waals surface area contributed by atoms with Crippen LogP contribution in [0.15, 0.2) is 309 Å². The van der Waals surface area contributed by atoms with Gasteiger partial charge in [-0.05, 0) is 137 Å². The highest BCUT2D eigenvalue weighted by atomic mass is 15.1. The summed E-state index contributed by atoms with van der Waals surface area (Å²) in [5.41, 5.74) is 14.0. The van der Waals surface area contributed by atoms with Crippen LogP contribution < -0.4 is 4.90 Å². The molecule has 0 radical (unpaired) electrons. The first-order valence-electron chi connectivity index (χ1n) is 30.8. The van der Waals surface area contributed by atoms with Gasteiger partial charge in [0.2, 0.25) is 0 Å². The average Bonchev–Trinajstić information content (AvgIpc) is 1.48. The van der Waals surface area contributed by atoms with Crippen molar-refractivity contribution in [3.63, 3.8) is 0 Å². The largest absolute Gasteiger partial charge is 0.310 e. The van der Waals surface area contributed by atoms with E-state index >= 15 is 0 Å². The third-order valence-corrected chi connectivity index (χ3v) is 16.5. The van der Waals surface area contributed by atoms with Crippen molar-refractivity contribution in [3.8, 4) is 33.4 Å². The summed E-state index contributed by atoms with van der Waals surface area (Å²) in [6, 6.07) is 80.3. The summed E-state index contributed by atoms with van der Waals surface area (Å²) in [6.07, 6.45) is 0. The highest BCUT2D eigenvalue weighted by Gasteiger charge is 2.49. The van der Waals surface area contributed by atoms with E-state index in [1.54, 1.807) is 12.1 Å². The molecule has 356 valence electrons. The molecule has 0 atom stereocenters. The minimum Gasteiger partial charge on any atom is -0.310 e. The lowest BCUT2D eigenvalue weighted by Gasteiger charge is -2.36. The Labute approximate surface area is 459 Å². The molecule has 0 saturated carbocycles. The molecule has 15 rings (SSSR count). The van der Waals surface area contributed by atoms with Gasteiger partial charge in [-0.25, -0.2) is 0 Å². The molecule has 0 saturated heterocycles. The first kappa shape index (κ1) is 34.8. The quantitative estimate of drug-likeness (QED) is 0.139. The Hall–Kier alpha value is -9.56. The second-order valence-corrected chi connectivity index (χ2v) is 19.9. The van der Waals surface area contributed by atoms with Crippen molar-refractivity contribution in [2.75, 3.05) is 4.90 Å². The minimum atomic E-state index is -2.04. The molecule has 0 fully saturated rings. The van der Waals surface area contributed by atoms with E-state index in [-0.39, 0.29) is 11.1 Å². The Morgan fingerprint density at radius 2 is 0.500 bits per heavy atom.